The van der Waals surface area contributed by atoms with Gasteiger partial charge in [-0.1, -0.05) is 12.0 Å². The minimum absolute atomic E-state index is 0.0577. The lowest BCUT2D eigenvalue weighted by molar-refractivity contribution is -0.137. The molecule has 7 nitrogen and oxygen atoms in total. The molecule has 1 amide bonds. The summed E-state index contributed by atoms with van der Waals surface area (Å²) in [5.74, 6) is 2.98. The maximum atomic E-state index is 12.9. The van der Waals surface area contributed by atoms with Gasteiger partial charge in [-0.2, -0.15) is 18.3 Å². The Morgan fingerprint density at radius 2 is 2.14 bits per heavy atom. The molecule has 12 heteroatoms. The maximum absolute atomic E-state index is 12.9. The summed E-state index contributed by atoms with van der Waals surface area (Å²) in [6, 6.07) is 8.27. The van der Waals surface area contributed by atoms with E-state index in [9.17, 15) is 18.0 Å². The second-order valence-corrected chi connectivity index (χ2v) is 8.86. The van der Waals surface area contributed by atoms with E-state index in [0.717, 1.165) is 15.7 Å². The van der Waals surface area contributed by atoms with Gasteiger partial charge in [-0.3, -0.25) is 4.79 Å². The molecule has 0 fully saturated rings. The molecule has 0 aliphatic rings. The van der Waals surface area contributed by atoms with E-state index >= 15 is 0 Å². The number of rotatable bonds is 9. The Morgan fingerprint density at radius 3 is 2.86 bits per heavy atom. The fraction of sp³-hybridized carbons (Fsp3) is 0.174. The molecule has 2 aromatic carbocycles. The molecule has 1 heterocycles. The molecule has 0 spiro atoms. The molecule has 0 saturated carbocycles. The number of aromatic nitrogens is 1. The first-order valence-electron chi connectivity index (χ1n) is 9.84. The van der Waals surface area contributed by atoms with Crippen LogP contribution in [0.1, 0.15) is 16.8 Å². The summed E-state index contributed by atoms with van der Waals surface area (Å²) in [5, 5.41) is 8.78. The minimum Gasteiger partial charge on any atom is -0.493 e. The maximum Gasteiger partial charge on any atom is 0.416 e. The molecule has 182 valence electrons. The van der Waals surface area contributed by atoms with Crippen LogP contribution in [0, 0.1) is 15.9 Å². The molecule has 35 heavy (non-hydrogen) atoms. The third-order valence-corrected chi connectivity index (χ3v) is 5.90. The third kappa shape index (κ3) is 7.59. The first-order valence-corrected chi connectivity index (χ1v) is 11.8. The lowest BCUT2D eigenvalue weighted by Crippen LogP contribution is -2.20. The second-order valence-electron chi connectivity index (χ2n) is 6.84. The van der Waals surface area contributed by atoms with Gasteiger partial charge in [0.25, 0.3) is 0 Å². The van der Waals surface area contributed by atoms with Gasteiger partial charge < -0.3 is 14.8 Å². The van der Waals surface area contributed by atoms with Gasteiger partial charge in [0.1, 0.15) is 6.61 Å². The molecule has 1 aromatic heterocycles. The zero-order chi connectivity index (χ0) is 25.4. The highest BCUT2D eigenvalue weighted by Gasteiger charge is 2.30. The fourth-order valence-corrected chi connectivity index (χ4v) is 4.30. The van der Waals surface area contributed by atoms with Crippen molar-refractivity contribution in [2.45, 2.75) is 12.6 Å². The fourth-order valence-electron chi connectivity index (χ4n) is 2.79. The average Bonchev–Trinajstić information content (AvgIpc) is 3.24. The van der Waals surface area contributed by atoms with E-state index in [4.69, 9.17) is 15.9 Å². The van der Waals surface area contributed by atoms with Crippen LogP contribution in [-0.4, -0.2) is 30.8 Å². The van der Waals surface area contributed by atoms with E-state index in [1.165, 1.54) is 36.8 Å². The Labute approximate surface area is 216 Å². The van der Waals surface area contributed by atoms with Crippen LogP contribution in [0.4, 0.5) is 24.0 Å². The number of nitrogens with zero attached hydrogens (tertiary/aromatic N) is 2. The van der Waals surface area contributed by atoms with Gasteiger partial charge in [0.2, 0.25) is 5.91 Å². The van der Waals surface area contributed by atoms with E-state index < -0.39 is 17.6 Å². The summed E-state index contributed by atoms with van der Waals surface area (Å²) < 4.78 is 50.2. The largest absolute Gasteiger partial charge is 0.493 e. The van der Waals surface area contributed by atoms with E-state index in [2.05, 4.69) is 49.3 Å². The predicted molar refractivity (Wildman–Crippen MR) is 136 cm³/mol. The number of hydrogen-bond acceptors (Lipinski definition) is 7. The molecule has 0 atom stereocenters. The number of alkyl halides is 3. The molecule has 3 aromatic rings. The van der Waals surface area contributed by atoms with E-state index in [0.29, 0.717) is 27.9 Å². The molecule has 0 aliphatic heterocycles. The predicted octanol–water partition coefficient (Wildman–Crippen LogP) is 5.22. The number of ether oxygens (including phenoxy) is 2. The number of hydrogen-bond donors (Lipinski definition) is 2. The van der Waals surface area contributed by atoms with Crippen LogP contribution in [0.3, 0.4) is 0 Å². The number of hydrazone groups is 1. The molecular weight excluding hydrogens is 596 g/mol. The molecular formula is C23H18F3IN4O3S. The highest BCUT2D eigenvalue weighted by Crippen LogP contribution is 2.34. The Morgan fingerprint density at radius 1 is 1.34 bits per heavy atom. The lowest BCUT2D eigenvalue weighted by Gasteiger charge is -2.11. The summed E-state index contributed by atoms with van der Waals surface area (Å²) in [7, 11) is 1.50. The van der Waals surface area contributed by atoms with Gasteiger partial charge in [-0.15, -0.1) is 17.8 Å². The van der Waals surface area contributed by atoms with Gasteiger partial charge >= 0.3 is 6.18 Å². The van der Waals surface area contributed by atoms with Crippen LogP contribution in [0.2, 0.25) is 0 Å². The standard InChI is InChI=1S/C23H18F3IN4O3S/c1-3-7-34-21-18(27)8-14(9-19(21)33-2)12-28-31-20(32)11-17-13-35-22(30-17)29-16-6-4-5-15(10-16)23(24,25)26/h1,4-6,8-10,12-13H,7,11H2,2H3,(H,29,30)(H,31,32)/b28-12-. The zero-order valence-corrected chi connectivity index (χ0v) is 21.1. The van der Waals surface area contributed by atoms with Crippen LogP contribution in [-0.2, 0) is 17.4 Å². The molecule has 0 bridgehead atoms. The van der Waals surface area contributed by atoms with Crippen molar-refractivity contribution in [3.8, 4) is 23.8 Å². The highest BCUT2D eigenvalue weighted by molar-refractivity contribution is 14.1. The lowest BCUT2D eigenvalue weighted by atomic mass is 10.2. The normalized spacial score (nSPS) is 11.2. The quantitative estimate of drug-likeness (QED) is 0.150. The molecule has 0 saturated heterocycles. The summed E-state index contributed by atoms with van der Waals surface area (Å²) in [4.78, 5) is 16.5. The number of carbonyl (C=O) groups is 1. The molecule has 2 N–H and O–H groups in total. The number of anilines is 2. The van der Waals surface area contributed by atoms with E-state index in [1.54, 1.807) is 17.5 Å². The number of terminal acetylenes is 1. The number of nitrogens with one attached hydrogen (secondary N) is 2. The second kappa shape index (κ2) is 11.9. The first kappa shape index (κ1) is 26.3. The molecule has 0 aliphatic carbocycles. The smallest absolute Gasteiger partial charge is 0.416 e. The number of methoxy groups -OCH3 is 1. The topological polar surface area (TPSA) is 84.8 Å². The Kier molecular flexibility index (Phi) is 8.94. The number of carbonyl (C=O) groups excluding carboxylic acids is 1. The minimum atomic E-state index is -4.44. The van der Waals surface area contributed by atoms with Crippen molar-refractivity contribution < 1.29 is 27.4 Å². The van der Waals surface area contributed by atoms with Gasteiger partial charge in [-0.05, 0) is 58.5 Å². The number of amides is 1. The van der Waals surface area contributed by atoms with Crippen LogP contribution < -0.4 is 20.2 Å². The Balaban J connectivity index is 1.57. The van der Waals surface area contributed by atoms with Crippen molar-refractivity contribution in [1.29, 1.82) is 0 Å². The van der Waals surface area contributed by atoms with E-state index in [1.807, 2.05) is 0 Å². The zero-order valence-electron chi connectivity index (χ0n) is 18.1. The average molecular weight is 614 g/mol. The Hall–Kier alpha value is -3.31. The van der Waals surface area contributed by atoms with Crippen LogP contribution in [0.15, 0.2) is 46.9 Å². The highest BCUT2D eigenvalue weighted by atomic mass is 127. The van der Waals surface area contributed by atoms with Crippen molar-refractivity contribution in [3.63, 3.8) is 0 Å². The van der Waals surface area contributed by atoms with Crippen molar-refractivity contribution in [2.24, 2.45) is 5.10 Å². The van der Waals surface area contributed by atoms with Crippen molar-refractivity contribution >= 4 is 56.9 Å². The number of halogens is 4. The monoisotopic (exact) mass is 614 g/mol. The summed E-state index contributed by atoms with van der Waals surface area (Å²) >= 11 is 3.25. The molecule has 0 radical (unpaired) electrons. The van der Waals surface area contributed by atoms with Crippen LogP contribution >= 0.6 is 33.9 Å². The third-order valence-electron chi connectivity index (χ3n) is 4.29. The number of benzene rings is 2. The van der Waals surface area contributed by atoms with Crippen molar-refractivity contribution in [3.05, 3.63) is 62.2 Å². The Bertz CT molecular complexity index is 1270. The molecule has 3 rings (SSSR count). The summed E-state index contributed by atoms with van der Waals surface area (Å²) in [6.07, 6.45) is 2.19. The summed E-state index contributed by atoms with van der Waals surface area (Å²) in [6.45, 7) is 0.101. The van der Waals surface area contributed by atoms with Gasteiger partial charge in [0.05, 0.1) is 34.6 Å². The SMILES string of the molecule is C#CCOc1c(I)cc(/C=N\NC(=O)Cc2csc(Nc3cccc(C(F)(F)F)c3)n2)cc1OC. The van der Waals surface area contributed by atoms with Gasteiger partial charge in [0, 0.05) is 11.1 Å². The number of thiazole rings is 1. The first-order chi connectivity index (χ1) is 16.7. The van der Waals surface area contributed by atoms with Crippen LogP contribution in [0.25, 0.3) is 0 Å². The van der Waals surface area contributed by atoms with Crippen LogP contribution in [0.5, 0.6) is 11.5 Å². The summed E-state index contributed by atoms with van der Waals surface area (Å²) in [5.41, 5.74) is 3.01. The van der Waals surface area contributed by atoms with Gasteiger partial charge in [-0.25, -0.2) is 10.4 Å². The van der Waals surface area contributed by atoms with Crippen molar-refractivity contribution in [1.82, 2.24) is 10.4 Å². The van der Waals surface area contributed by atoms with E-state index in [-0.39, 0.29) is 18.7 Å². The molecule has 0 unspecified atom stereocenters. The van der Waals surface area contributed by atoms with Gasteiger partial charge in [0.15, 0.2) is 16.6 Å². The van der Waals surface area contributed by atoms with Crippen molar-refractivity contribution in [2.75, 3.05) is 19.0 Å².